The molecule has 2 aromatic carbocycles. The average molecular weight is 609 g/mol. The lowest BCUT2D eigenvalue weighted by atomic mass is 9.48. The summed E-state index contributed by atoms with van der Waals surface area (Å²) in [6, 6.07) is 10.7. The number of hydrogen-bond acceptors (Lipinski definition) is 7. The van der Waals surface area contributed by atoms with Crippen LogP contribution in [0.2, 0.25) is 5.02 Å². The fourth-order valence-corrected chi connectivity index (χ4v) is 8.76. The Hall–Kier alpha value is -3.30. The van der Waals surface area contributed by atoms with Gasteiger partial charge in [0.05, 0.1) is 29.2 Å². The van der Waals surface area contributed by atoms with Crippen LogP contribution >= 0.6 is 23.4 Å². The quantitative estimate of drug-likeness (QED) is 0.264. The molecule has 4 bridgehead atoms. The molecule has 0 atom stereocenters. The second kappa shape index (κ2) is 11.4. The Morgan fingerprint density at radius 2 is 1.76 bits per heavy atom. The molecule has 5 aliphatic rings. The van der Waals surface area contributed by atoms with E-state index in [0.29, 0.717) is 12.4 Å². The Morgan fingerprint density at radius 3 is 2.40 bits per heavy atom. The first-order chi connectivity index (χ1) is 20.2. The molecule has 5 fully saturated rings. The molecule has 0 radical (unpaired) electrons. The zero-order valence-electron chi connectivity index (χ0n) is 23.6. The van der Waals surface area contributed by atoms with Gasteiger partial charge in [-0.3, -0.25) is 19.3 Å². The molecule has 10 heteroatoms. The molecule has 0 spiro atoms. The number of methoxy groups -OCH3 is 1. The summed E-state index contributed by atoms with van der Waals surface area (Å²) < 4.78 is 10.6. The standard InChI is InChI=1S/C32H33ClN2O6S/c1-3-41-26-7-4-22(32-14-18-8-19(15-32)10-20(9-18)16-32)11-21(26)12-27-29(37)35(31(39)42-27)17-28(36)34-23-5-6-25(33)24(13-23)30(38)40-2/h4-7,11-13,18-20H,3,8-10,14-17H2,1-2H3,(H,34,36)/b27-12+. The first-order valence-corrected chi connectivity index (χ1v) is 15.6. The van der Waals surface area contributed by atoms with Crippen LogP contribution in [0.4, 0.5) is 10.5 Å². The van der Waals surface area contributed by atoms with Gasteiger partial charge in [-0.2, -0.15) is 0 Å². The number of rotatable bonds is 8. The summed E-state index contributed by atoms with van der Waals surface area (Å²) in [5.41, 5.74) is 2.62. The third-order valence-corrected chi connectivity index (χ3v) is 10.3. The van der Waals surface area contributed by atoms with Gasteiger partial charge in [0, 0.05) is 11.3 Å². The molecular weight excluding hydrogens is 576 g/mol. The zero-order chi connectivity index (χ0) is 29.6. The van der Waals surface area contributed by atoms with Crippen molar-refractivity contribution in [1.29, 1.82) is 0 Å². The fraction of sp³-hybridized carbons (Fsp3) is 0.438. The Morgan fingerprint density at radius 1 is 1.07 bits per heavy atom. The van der Waals surface area contributed by atoms with Crippen LogP contribution in [-0.4, -0.2) is 48.2 Å². The van der Waals surface area contributed by atoms with Gasteiger partial charge in [0.1, 0.15) is 12.3 Å². The summed E-state index contributed by atoms with van der Waals surface area (Å²) in [6.45, 7) is 1.92. The summed E-state index contributed by atoms with van der Waals surface area (Å²) in [5.74, 6) is 1.30. The molecule has 4 aliphatic carbocycles. The number of benzene rings is 2. The van der Waals surface area contributed by atoms with E-state index in [1.54, 1.807) is 6.08 Å². The van der Waals surface area contributed by atoms with Crippen molar-refractivity contribution in [3.63, 3.8) is 0 Å². The molecule has 4 saturated carbocycles. The van der Waals surface area contributed by atoms with Gasteiger partial charge in [-0.1, -0.05) is 17.7 Å². The minimum absolute atomic E-state index is 0.0898. The lowest BCUT2D eigenvalue weighted by molar-refractivity contribution is -0.127. The summed E-state index contributed by atoms with van der Waals surface area (Å²) in [5, 5.41) is 2.27. The van der Waals surface area contributed by atoms with Crippen LogP contribution in [0.1, 0.15) is 66.9 Å². The van der Waals surface area contributed by atoms with Crippen molar-refractivity contribution in [2.75, 3.05) is 25.6 Å². The van der Waals surface area contributed by atoms with Crippen LogP contribution in [0.15, 0.2) is 41.3 Å². The van der Waals surface area contributed by atoms with Gasteiger partial charge in [-0.15, -0.1) is 0 Å². The van der Waals surface area contributed by atoms with E-state index in [9.17, 15) is 19.2 Å². The highest BCUT2D eigenvalue weighted by atomic mass is 35.5. The molecule has 2 aromatic rings. The maximum Gasteiger partial charge on any atom is 0.339 e. The molecule has 1 N–H and O–H groups in total. The van der Waals surface area contributed by atoms with E-state index in [1.807, 2.05) is 13.0 Å². The van der Waals surface area contributed by atoms with E-state index in [-0.39, 0.29) is 26.6 Å². The number of thioether (sulfide) groups is 1. The third kappa shape index (κ3) is 5.44. The van der Waals surface area contributed by atoms with Crippen molar-refractivity contribution < 1.29 is 28.7 Å². The van der Waals surface area contributed by atoms with E-state index in [0.717, 1.165) is 40.0 Å². The van der Waals surface area contributed by atoms with Crippen molar-refractivity contribution in [1.82, 2.24) is 4.90 Å². The van der Waals surface area contributed by atoms with E-state index in [4.69, 9.17) is 21.1 Å². The van der Waals surface area contributed by atoms with Gasteiger partial charge in [0.25, 0.3) is 11.1 Å². The van der Waals surface area contributed by atoms with Gasteiger partial charge >= 0.3 is 5.97 Å². The predicted octanol–water partition coefficient (Wildman–Crippen LogP) is 6.67. The van der Waals surface area contributed by atoms with E-state index >= 15 is 0 Å². The zero-order valence-corrected chi connectivity index (χ0v) is 25.2. The third-order valence-electron chi connectivity index (χ3n) is 9.08. The summed E-state index contributed by atoms with van der Waals surface area (Å²) in [4.78, 5) is 52.1. The molecule has 8 nitrogen and oxygen atoms in total. The molecule has 1 aliphatic heterocycles. The minimum Gasteiger partial charge on any atom is -0.493 e. The van der Waals surface area contributed by atoms with Crippen LogP contribution in [-0.2, 0) is 19.7 Å². The number of hydrogen-bond donors (Lipinski definition) is 1. The minimum atomic E-state index is -0.647. The number of anilines is 1. The average Bonchev–Trinajstić information content (AvgIpc) is 3.21. The van der Waals surface area contributed by atoms with Crippen molar-refractivity contribution in [2.45, 2.75) is 50.9 Å². The number of carbonyl (C=O) groups excluding carboxylic acids is 4. The SMILES string of the molecule is CCOc1ccc(C23CC4CC(CC(C4)C2)C3)cc1/C=C1/SC(=O)N(CC(=O)Nc2ccc(Cl)c(C(=O)OC)c2)C1=O. The molecule has 1 saturated heterocycles. The molecule has 42 heavy (non-hydrogen) atoms. The predicted molar refractivity (Wildman–Crippen MR) is 162 cm³/mol. The Kier molecular flexibility index (Phi) is 7.83. The molecule has 220 valence electrons. The van der Waals surface area contributed by atoms with Crippen molar-refractivity contribution >= 4 is 58.1 Å². The monoisotopic (exact) mass is 608 g/mol. The van der Waals surface area contributed by atoms with E-state index in [2.05, 4.69) is 17.4 Å². The number of imide groups is 1. The number of nitrogens with zero attached hydrogens (tertiary/aromatic N) is 1. The molecule has 0 unspecified atom stereocenters. The second-order valence-corrected chi connectivity index (χ2v) is 13.3. The summed E-state index contributed by atoms with van der Waals surface area (Å²) in [7, 11) is 1.23. The van der Waals surface area contributed by atoms with Crippen molar-refractivity contribution in [3.8, 4) is 5.75 Å². The van der Waals surface area contributed by atoms with Gasteiger partial charge in [-0.05, 0) is 122 Å². The van der Waals surface area contributed by atoms with Crippen LogP contribution in [0.5, 0.6) is 5.75 Å². The highest BCUT2D eigenvalue weighted by molar-refractivity contribution is 8.18. The highest BCUT2D eigenvalue weighted by Crippen LogP contribution is 2.61. The lowest BCUT2D eigenvalue weighted by Crippen LogP contribution is -2.48. The number of carbonyl (C=O) groups is 4. The maximum absolute atomic E-state index is 13.3. The second-order valence-electron chi connectivity index (χ2n) is 11.9. The van der Waals surface area contributed by atoms with Gasteiger partial charge < -0.3 is 14.8 Å². The summed E-state index contributed by atoms with van der Waals surface area (Å²) in [6.07, 6.45) is 9.43. The Balaban J connectivity index is 1.21. The van der Waals surface area contributed by atoms with E-state index in [1.165, 1.54) is 69.4 Å². The number of esters is 1. The number of nitrogens with one attached hydrogen (secondary N) is 1. The lowest BCUT2D eigenvalue weighted by Gasteiger charge is -2.57. The smallest absolute Gasteiger partial charge is 0.339 e. The molecule has 3 amide bonds. The first-order valence-electron chi connectivity index (χ1n) is 14.4. The van der Waals surface area contributed by atoms with Gasteiger partial charge in [-0.25, -0.2) is 4.79 Å². The fourth-order valence-electron chi connectivity index (χ4n) is 7.73. The summed E-state index contributed by atoms with van der Waals surface area (Å²) >= 11 is 6.87. The molecular formula is C32H33ClN2O6S. The van der Waals surface area contributed by atoms with Crippen molar-refractivity contribution in [3.05, 3.63) is 63.0 Å². The Bertz CT molecular complexity index is 1470. The van der Waals surface area contributed by atoms with Crippen molar-refractivity contribution in [2.24, 2.45) is 17.8 Å². The first kappa shape index (κ1) is 28.8. The van der Waals surface area contributed by atoms with E-state index < -0.39 is 29.6 Å². The van der Waals surface area contributed by atoms with Gasteiger partial charge in [0.2, 0.25) is 5.91 Å². The highest BCUT2D eigenvalue weighted by Gasteiger charge is 2.51. The van der Waals surface area contributed by atoms with Crippen LogP contribution < -0.4 is 10.1 Å². The normalized spacial score (nSPS) is 27.1. The topological polar surface area (TPSA) is 102 Å². The number of halogens is 1. The Labute approximate surface area is 254 Å². The molecule has 7 rings (SSSR count). The number of amides is 3. The molecule has 1 heterocycles. The number of ether oxygens (including phenoxy) is 2. The molecule has 0 aromatic heterocycles. The largest absolute Gasteiger partial charge is 0.493 e. The maximum atomic E-state index is 13.3. The van der Waals surface area contributed by atoms with Gasteiger partial charge in [0.15, 0.2) is 0 Å². The van der Waals surface area contributed by atoms with Crippen LogP contribution in [0.25, 0.3) is 6.08 Å². The van der Waals surface area contributed by atoms with Crippen LogP contribution in [0.3, 0.4) is 0 Å². The van der Waals surface area contributed by atoms with Crippen LogP contribution in [0, 0.1) is 17.8 Å².